The standard InChI is InChI=1S/C23H26N4O4S/c28-9-6-24-23-25-15-20(16-26-23)19-12-21(27-7-10-31-11-8-27)14-22(13-19)32(29,30)17-18-4-2-1-3-5-18/h1-5,12-16,28H,6-11,17H2,(H,24,25,26). The van der Waals surface area contributed by atoms with E-state index < -0.39 is 9.84 Å². The zero-order valence-corrected chi connectivity index (χ0v) is 18.5. The van der Waals surface area contributed by atoms with Gasteiger partial charge in [-0.1, -0.05) is 30.3 Å². The number of sulfone groups is 1. The third-order valence-corrected chi connectivity index (χ3v) is 6.87. The van der Waals surface area contributed by atoms with Crippen molar-refractivity contribution in [2.24, 2.45) is 0 Å². The van der Waals surface area contributed by atoms with Crippen LogP contribution in [0.2, 0.25) is 0 Å². The maximum absolute atomic E-state index is 13.3. The molecular formula is C23H26N4O4S. The molecule has 1 aliphatic heterocycles. The van der Waals surface area contributed by atoms with E-state index in [1.807, 2.05) is 36.4 Å². The van der Waals surface area contributed by atoms with Crippen molar-refractivity contribution >= 4 is 21.5 Å². The van der Waals surface area contributed by atoms with Crippen LogP contribution in [0.15, 0.2) is 65.8 Å². The number of anilines is 2. The number of rotatable bonds is 8. The van der Waals surface area contributed by atoms with E-state index in [9.17, 15) is 8.42 Å². The van der Waals surface area contributed by atoms with Gasteiger partial charge in [0.25, 0.3) is 0 Å². The van der Waals surface area contributed by atoms with Gasteiger partial charge >= 0.3 is 0 Å². The van der Waals surface area contributed by atoms with E-state index in [1.54, 1.807) is 24.5 Å². The molecule has 2 aromatic carbocycles. The van der Waals surface area contributed by atoms with Crippen molar-refractivity contribution in [2.75, 3.05) is 49.7 Å². The lowest BCUT2D eigenvalue weighted by molar-refractivity contribution is 0.122. The van der Waals surface area contributed by atoms with Crippen molar-refractivity contribution in [1.82, 2.24) is 9.97 Å². The summed E-state index contributed by atoms with van der Waals surface area (Å²) in [7, 11) is -3.56. The number of benzene rings is 2. The number of aliphatic hydroxyl groups is 1. The molecule has 3 aromatic rings. The average Bonchev–Trinajstić information content (AvgIpc) is 2.84. The summed E-state index contributed by atoms with van der Waals surface area (Å²) in [5.41, 5.74) is 3.02. The Hall–Kier alpha value is -3.01. The number of hydrogen-bond donors (Lipinski definition) is 2. The Morgan fingerprint density at radius 2 is 1.72 bits per heavy atom. The quantitative estimate of drug-likeness (QED) is 0.535. The summed E-state index contributed by atoms with van der Waals surface area (Å²) in [5.74, 6) is 0.337. The highest BCUT2D eigenvalue weighted by Gasteiger charge is 2.20. The summed E-state index contributed by atoms with van der Waals surface area (Å²) in [6.07, 6.45) is 3.30. The molecule has 0 atom stereocenters. The van der Waals surface area contributed by atoms with Gasteiger partial charge in [-0.05, 0) is 29.3 Å². The fraction of sp³-hybridized carbons (Fsp3) is 0.304. The van der Waals surface area contributed by atoms with Crippen LogP contribution in [0.5, 0.6) is 0 Å². The molecule has 2 heterocycles. The second kappa shape index (κ2) is 10.1. The van der Waals surface area contributed by atoms with Crippen molar-refractivity contribution in [1.29, 1.82) is 0 Å². The predicted octanol–water partition coefficient (Wildman–Crippen LogP) is 2.36. The molecular weight excluding hydrogens is 428 g/mol. The lowest BCUT2D eigenvalue weighted by Gasteiger charge is -2.29. The van der Waals surface area contributed by atoms with Gasteiger partial charge in [0.1, 0.15) is 0 Å². The number of hydrogen-bond acceptors (Lipinski definition) is 8. The Labute approximate surface area is 187 Å². The first-order valence-corrected chi connectivity index (χ1v) is 12.1. The van der Waals surface area contributed by atoms with E-state index in [-0.39, 0.29) is 17.3 Å². The van der Waals surface area contributed by atoms with Crippen molar-refractivity contribution in [3.8, 4) is 11.1 Å². The molecule has 1 aromatic heterocycles. The van der Waals surface area contributed by atoms with Gasteiger partial charge in [0.15, 0.2) is 9.84 Å². The molecule has 168 valence electrons. The molecule has 0 saturated carbocycles. The third kappa shape index (κ3) is 5.42. The van der Waals surface area contributed by atoms with Crippen LogP contribution in [0.25, 0.3) is 11.1 Å². The fourth-order valence-electron chi connectivity index (χ4n) is 3.55. The van der Waals surface area contributed by atoms with E-state index in [0.29, 0.717) is 44.4 Å². The second-order valence-electron chi connectivity index (χ2n) is 7.51. The number of ether oxygens (including phenoxy) is 1. The monoisotopic (exact) mass is 454 g/mol. The van der Waals surface area contributed by atoms with E-state index in [1.165, 1.54) is 0 Å². The van der Waals surface area contributed by atoms with Gasteiger partial charge < -0.3 is 20.1 Å². The maximum Gasteiger partial charge on any atom is 0.222 e. The Morgan fingerprint density at radius 3 is 2.41 bits per heavy atom. The van der Waals surface area contributed by atoms with Crippen LogP contribution >= 0.6 is 0 Å². The summed E-state index contributed by atoms with van der Waals surface area (Å²) in [5, 5.41) is 11.8. The number of aromatic nitrogens is 2. The molecule has 4 rings (SSSR count). The van der Waals surface area contributed by atoms with E-state index in [2.05, 4.69) is 20.2 Å². The van der Waals surface area contributed by atoms with Gasteiger partial charge in [-0.25, -0.2) is 18.4 Å². The Bertz CT molecular complexity index is 1130. The summed E-state index contributed by atoms with van der Waals surface area (Å²) in [6, 6.07) is 14.6. The molecule has 2 N–H and O–H groups in total. The van der Waals surface area contributed by atoms with Crippen molar-refractivity contribution in [2.45, 2.75) is 10.6 Å². The minimum atomic E-state index is -3.56. The first kappa shape index (κ1) is 22.2. The van der Waals surface area contributed by atoms with Gasteiger partial charge in [-0.2, -0.15) is 0 Å². The van der Waals surface area contributed by atoms with Gasteiger partial charge in [0.2, 0.25) is 5.95 Å². The summed E-state index contributed by atoms with van der Waals surface area (Å²) < 4.78 is 32.0. The molecule has 0 amide bonds. The minimum absolute atomic E-state index is 0.0185. The first-order chi connectivity index (χ1) is 15.5. The largest absolute Gasteiger partial charge is 0.395 e. The van der Waals surface area contributed by atoms with Gasteiger partial charge in [0, 0.05) is 43.3 Å². The summed E-state index contributed by atoms with van der Waals surface area (Å²) in [6.45, 7) is 2.93. The average molecular weight is 455 g/mol. The molecule has 0 unspecified atom stereocenters. The molecule has 8 nitrogen and oxygen atoms in total. The first-order valence-electron chi connectivity index (χ1n) is 10.5. The van der Waals surface area contributed by atoms with Crippen LogP contribution in [0.1, 0.15) is 5.56 Å². The molecule has 0 aliphatic carbocycles. The van der Waals surface area contributed by atoms with Crippen LogP contribution in [0.4, 0.5) is 11.6 Å². The number of nitrogens with one attached hydrogen (secondary N) is 1. The van der Waals surface area contributed by atoms with Gasteiger partial charge in [0.05, 0.1) is 30.5 Å². The zero-order chi connectivity index (χ0) is 22.4. The molecule has 1 fully saturated rings. The number of morpholine rings is 1. The SMILES string of the molecule is O=S(=O)(Cc1ccccc1)c1cc(-c2cnc(NCCO)nc2)cc(N2CCOCC2)c1. The van der Waals surface area contributed by atoms with Crippen LogP contribution < -0.4 is 10.2 Å². The summed E-state index contributed by atoms with van der Waals surface area (Å²) in [4.78, 5) is 11.0. The van der Waals surface area contributed by atoms with Crippen molar-refractivity contribution in [3.63, 3.8) is 0 Å². The molecule has 1 saturated heterocycles. The molecule has 0 radical (unpaired) electrons. The lowest BCUT2D eigenvalue weighted by Crippen LogP contribution is -2.36. The number of nitrogens with zero attached hydrogens (tertiary/aromatic N) is 3. The maximum atomic E-state index is 13.3. The van der Waals surface area contributed by atoms with Crippen molar-refractivity contribution < 1.29 is 18.3 Å². The predicted molar refractivity (Wildman–Crippen MR) is 123 cm³/mol. The molecule has 32 heavy (non-hydrogen) atoms. The fourth-order valence-corrected chi connectivity index (χ4v) is 4.95. The Kier molecular flexibility index (Phi) is 6.99. The van der Waals surface area contributed by atoms with E-state index in [0.717, 1.165) is 16.8 Å². The Balaban J connectivity index is 1.71. The smallest absolute Gasteiger partial charge is 0.222 e. The van der Waals surface area contributed by atoms with Crippen LogP contribution in [0.3, 0.4) is 0 Å². The van der Waals surface area contributed by atoms with Crippen LogP contribution in [-0.2, 0) is 20.3 Å². The summed E-state index contributed by atoms with van der Waals surface area (Å²) >= 11 is 0. The molecule has 0 bridgehead atoms. The van der Waals surface area contributed by atoms with Crippen LogP contribution in [0, 0.1) is 0 Å². The lowest BCUT2D eigenvalue weighted by atomic mass is 10.1. The highest BCUT2D eigenvalue weighted by atomic mass is 32.2. The zero-order valence-electron chi connectivity index (χ0n) is 17.6. The van der Waals surface area contributed by atoms with Gasteiger partial charge in [-0.15, -0.1) is 0 Å². The normalized spacial score (nSPS) is 14.3. The number of aliphatic hydroxyl groups excluding tert-OH is 1. The molecule has 9 heteroatoms. The third-order valence-electron chi connectivity index (χ3n) is 5.21. The molecule has 1 aliphatic rings. The van der Waals surface area contributed by atoms with Gasteiger partial charge in [-0.3, -0.25) is 0 Å². The highest BCUT2D eigenvalue weighted by Crippen LogP contribution is 2.30. The van der Waals surface area contributed by atoms with Crippen molar-refractivity contribution in [3.05, 3.63) is 66.5 Å². The minimum Gasteiger partial charge on any atom is -0.395 e. The second-order valence-corrected chi connectivity index (χ2v) is 9.49. The van der Waals surface area contributed by atoms with E-state index >= 15 is 0 Å². The molecule has 0 spiro atoms. The Morgan fingerprint density at radius 1 is 1.00 bits per heavy atom. The topological polar surface area (TPSA) is 105 Å². The van der Waals surface area contributed by atoms with Crippen LogP contribution in [-0.4, -0.2) is 62.9 Å². The highest BCUT2D eigenvalue weighted by molar-refractivity contribution is 7.90. The van der Waals surface area contributed by atoms with E-state index in [4.69, 9.17) is 9.84 Å².